The van der Waals surface area contributed by atoms with Crippen LogP contribution in [0, 0.1) is 0 Å². The van der Waals surface area contributed by atoms with E-state index in [-0.39, 0.29) is 5.97 Å². The van der Waals surface area contributed by atoms with Gasteiger partial charge in [0.15, 0.2) is 0 Å². The fraction of sp³-hybridized carbons (Fsp3) is 0.130. The largest absolute Gasteiger partial charge is 0.468 e. The molecule has 3 nitrogen and oxygen atoms in total. The molecule has 5 rings (SSSR count). The first-order valence-electron chi connectivity index (χ1n) is 8.87. The van der Waals surface area contributed by atoms with Gasteiger partial charge < -0.3 is 9.64 Å². The number of methoxy groups -OCH3 is 1. The summed E-state index contributed by atoms with van der Waals surface area (Å²) in [5.41, 5.74) is 4.27. The SMILES string of the molecule is COC(=O)[C@@H]1c2ccccc2N2C(=S)c3ccccc3[C@]12c1ccccc1. The van der Waals surface area contributed by atoms with Gasteiger partial charge in [0, 0.05) is 11.3 Å². The number of anilines is 1. The van der Waals surface area contributed by atoms with E-state index in [2.05, 4.69) is 23.1 Å². The number of ether oxygens (including phenoxy) is 1. The molecule has 3 aromatic rings. The van der Waals surface area contributed by atoms with Crippen LogP contribution in [0.25, 0.3) is 0 Å². The number of esters is 1. The lowest BCUT2D eigenvalue weighted by atomic mass is 9.73. The molecule has 0 aliphatic carbocycles. The maximum Gasteiger partial charge on any atom is 0.316 e. The molecule has 0 aromatic heterocycles. The van der Waals surface area contributed by atoms with Gasteiger partial charge in [-0.3, -0.25) is 4.79 Å². The molecule has 0 unspecified atom stereocenters. The first-order valence-corrected chi connectivity index (χ1v) is 9.28. The second kappa shape index (κ2) is 5.76. The van der Waals surface area contributed by atoms with Crippen LogP contribution in [-0.4, -0.2) is 18.1 Å². The van der Waals surface area contributed by atoms with E-state index < -0.39 is 11.5 Å². The number of rotatable bonds is 2. The summed E-state index contributed by atoms with van der Waals surface area (Å²) >= 11 is 5.91. The number of benzene rings is 3. The van der Waals surface area contributed by atoms with Crippen LogP contribution in [0.5, 0.6) is 0 Å². The molecule has 132 valence electrons. The van der Waals surface area contributed by atoms with Gasteiger partial charge >= 0.3 is 5.97 Å². The second-order valence-electron chi connectivity index (χ2n) is 6.83. The van der Waals surface area contributed by atoms with Crippen LogP contribution in [0.2, 0.25) is 0 Å². The quantitative estimate of drug-likeness (QED) is 0.493. The van der Waals surface area contributed by atoms with E-state index in [1.54, 1.807) is 0 Å². The first-order chi connectivity index (χ1) is 13.2. The van der Waals surface area contributed by atoms with E-state index >= 15 is 0 Å². The zero-order valence-corrected chi connectivity index (χ0v) is 15.6. The number of nitrogens with zero attached hydrogens (tertiary/aromatic N) is 1. The Bertz CT molecular complexity index is 1080. The van der Waals surface area contributed by atoms with E-state index in [1.165, 1.54) is 7.11 Å². The van der Waals surface area contributed by atoms with Gasteiger partial charge in [0.1, 0.15) is 16.4 Å². The number of thiocarbonyl (C=S) groups is 1. The normalized spacial score (nSPS) is 22.2. The Hall–Kier alpha value is -2.98. The van der Waals surface area contributed by atoms with Crippen molar-refractivity contribution in [1.82, 2.24) is 0 Å². The van der Waals surface area contributed by atoms with Crippen molar-refractivity contribution in [2.24, 2.45) is 0 Å². The van der Waals surface area contributed by atoms with Gasteiger partial charge in [0.25, 0.3) is 0 Å². The van der Waals surface area contributed by atoms with Crippen LogP contribution in [0.4, 0.5) is 5.69 Å². The van der Waals surface area contributed by atoms with Crippen LogP contribution >= 0.6 is 12.2 Å². The third-order valence-electron chi connectivity index (χ3n) is 5.68. The van der Waals surface area contributed by atoms with E-state index in [9.17, 15) is 4.79 Å². The zero-order valence-electron chi connectivity index (χ0n) is 14.8. The molecule has 27 heavy (non-hydrogen) atoms. The van der Waals surface area contributed by atoms with Crippen molar-refractivity contribution in [3.05, 3.63) is 101 Å². The molecule has 2 atom stereocenters. The molecule has 2 aliphatic rings. The Balaban J connectivity index is 1.94. The van der Waals surface area contributed by atoms with Crippen LogP contribution < -0.4 is 4.90 Å². The van der Waals surface area contributed by atoms with Gasteiger partial charge in [-0.1, -0.05) is 85.0 Å². The lowest BCUT2D eigenvalue weighted by Crippen LogP contribution is -2.46. The molecule has 2 aliphatic heterocycles. The molecular formula is C23H17NO2S. The Kier molecular flexibility index (Phi) is 3.46. The predicted molar refractivity (Wildman–Crippen MR) is 109 cm³/mol. The molecule has 0 spiro atoms. The van der Waals surface area contributed by atoms with Crippen molar-refractivity contribution in [3.8, 4) is 0 Å². The third kappa shape index (κ3) is 1.91. The average Bonchev–Trinajstić information content (AvgIpc) is 3.18. The maximum absolute atomic E-state index is 13.1. The molecule has 0 fully saturated rings. The lowest BCUT2D eigenvalue weighted by molar-refractivity contribution is -0.143. The Labute approximate surface area is 163 Å². The second-order valence-corrected chi connectivity index (χ2v) is 7.22. The van der Waals surface area contributed by atoms with E-state index in [4.69, 9.17) is 17.0 Å². The van der Waals surface area contributed by atoms with Crippen molar-refractivity contribution in [2.45, 2.75) is 11.5 Å². The summed E-state index contributed by atoms with van der Waals surface area (Å²) in [5, 5.41) is 0. The summed E-state index contributed by atoms with van der Waals surface area (Å²) in [4.78, 5) is 16.0. The van der Waals surface area contributed by atoms with Crippen molar-refractivity contribution >= 4 is 28.9 Å². The minimum atomic E-state index is -0.730. The molecule has 0 N–H and O–H groups in total. The number of hydrogen-bond acceptors (Lipinski definition) is 3. The Morgan fingerprint density at radius 1 is 0.963 bits per heavy atom. The number of hydrogen-bond donors (Lipinski definition) is 0. The zero-order chi connectivity index (χ0) is 18.6. The fourth-order valence-corrected chi connectivity index (χ4v) is 5.13. The fourth-order valence-electron chi connectivity index (χ4n) is 4.71. The average molecular weight is 371 g/mol. The van der Waals surface area contributed by atoms with Crippen LogP contribution in [0.3, 0.4) is 0 Å². The van der Waals surface area contributed by atoms with Gasteiger partial charge in [-0.25, -0.2) is 0 Å². The number of carbonyl (C=O) groups excluding carboxylic acids is 1. The molecule has 0 saturated heterocycles. The molecular weight excluding hydrogens is 354 g/mol. The van der Waals surface area contributed by atoms with Gasteiger partial charge in [-0.2, -0.15) is 0 Å². The van der Waals surface area contributed by atoms with Gasteiger partial charge in [0.2, 0.25) is 0 Å². The summed E-state index contributed by atoms with van der Waals surface area (Å²) < 4.78 is 5.29. The summed E-state index contributed by atoms with van der Waals surface area (Å²) in [6, 6.07) is 26.2. The molecule has 4 heteroatoms. The standard InChI is InChI=1S/C23H17NO2S/c1-26-22(25)20-17-12-6-8-14-19(17)24-21(27)16-11-5-7-13-18(16)23(20,24)15-9-3-2-4-10-15/h2-14,20H,1H3/t20-,23+/m0/s1. The highest BCUT2D eigenvalue weighted by Gasteiger charge is 2.62. The number of carbonyl (C=O) groups is 1. The molecule has 0 bridgehead atoms. The molecule has 2 heterocycles. The lowest BCUT2D eigenvalue weighted by Gasteiger charge is -2.38. The Morgan fingerprint density at radius 2 is 1.63 bits per heavy atom. The smallest absolute Gasteiger partial charge is 0.316 e. The summed E-state index contributed by atoms with van der Waals surface area (Å²) in [5.74, 6) is -0.754. The minimum Gasteiger partial charge on any atom is -0.468 e. The van der Waals surface area contributed by atoms with E-state index in [0.29, 0.717) is 0 Å². The molecule has 0 saturated carbocycles. The van der Waals surface area contributed by atoms with Gasteiger partial charge in [-0.15, -0.1) is 0 Å². The number of fused-ring (bicyclic) bond motifs is 5. The molecule has 0 amide bonds. The first kappa shape index (κ1) is 16.2. The van der Waals surface area contributed by atoms with E-state index in [0.717, 1.165) is 32.9 Å². The minimum absolute atomic E-state index is 0.256. The highest BCUT2D eigenvalue weighted by Crippen LogP contribution is 2.61. The highest BCUT2D eigenvalue weighted by atomic mass is 32.1. The molecule has 0 radical (unpaired) electrons. The van der Waals surface area contributed by atoms with Crippen LogP contribution in [0.15, 0.2) is 78.9 Å². The predicted octanol–water partition coefficient (Wildman–Crippen LogP) is 4.40. The van der Waals surface area contributed by atoms with Crippen molar-refractivity contribution < 1.29 is 9.53 Å². The van der Waals surface area contributed by atoms with Crippen LogP contribution in [-0.2, 0) is 15.1 Å². The monoisotopic (exact) mass is 371 g/mol. The van der Waals surface area contributed by atoms with Crippen LogP contribution in [0.1, 0.15) is 28.2 Å². The number of para-hydroxylation sites is 1. The topological polar surface area (TPSA) is 29.5 Å². The van der Waals surface area contributed by atoms with Crippen molar-refractivity contribution in [2.75, 3.05) is 12.0 Å². The maximum atomic E-state index is 13.1. The highest BCUT2D eigenvalue weighted by molar-refractivity contribution is 7.81. The van der Waals surface area contributed by atoms with Crippen molar-refractivity contribution in [1.29, 1.82) is 0 Å². The van der Waals surface area contributed by atoms with Gasteiger partial charge in [0.05, 0.1) is 7.11 Å². The van der Waals surface area contributed by atoms with E-state index in [1.807, 2.05) is 60.7 Å². The third-order valence-corrected chi connectivity index (χ3v) is 6.08. The Morgan fingerprint density at radius 3 is 2.41 bits per heavy atom. The summed E-state index contributed by atoms with van der Waals surface area (Å²) in [6.07, 6.45) is 0. The van der Waals surface area contributed by atoms with Gasteiger partial charge in [-0.05, 0) is 22.8 Å². The summed E-state index contributed by atoms with van der Waals surface area (Å²) in [7, 11) is 1.45. The summed E-state index contributed by atoms with van der Waals surface area (Å²) in [6.45, 7) is 0. The molecule has 3 aromatic carbocycles. The van der Waals surface area contributed by atoms with Crippen molar-refractivity contribution in [3.63, 3.8) is 0 Å².